The van der Waals surface area contributed by atoms with Crippen molar-refractivity contribution >= 4 is 33.6 Å². The summed E-state index contributed by atoms with van der Waals surface area (Å²) < 4.78 is 43.7. The molecule has 1 aliphatic rings. The lowest BCUT2D eigenvalue weighted by Crippen LogP contribution is -2.20. The van der Waals surface area contributed by atoms with Gasteiger partial charge >= 0.3 is 6.18 Å². The Labute approximate surface area is 193 Å². The van der Waals surface area contributed by atoms with Crippen LogP contribution in [-0.4, -0.2) is 41.9 Å². The number of aryl methyl sites for hydroxylation is 1. The first kappa shape index (κ1) is 22.2. The van der Waals surface area contributed by atoms with E-state index < -0.39 is 23.6 Å². The number of rotatable bonds is 5. The summed E-state index contributed by atoms with van der Waals surface area (Å²) >= 11 is 0. The fraction of sp³-hybridized carbons (Fsp3) is 0.231. The molecule has 2 amide bonds. The number of carbonyl (C=O) groups is 2. The van der Waals surface area contributed by atoms with Gasteiger partial charge in [-0.25, -0.2) is 0 Å². The largest absolute Gasteiger partial charge is 0.417 e. The second-order valence-electron chi connectivity index (χ2n) is 8.72. The van der Waals surface area contributed by atoms with E-state index in [1.54, 1.807) is 6.07 Å². The molecule has 1 aromatic heterocycles. The summed E-state index contributed by atoms with van der Waals surface area (Å²) in [5.41, 5.74) is 0.766. The number of nitrogens with zero attached hydrogens (tertiary/aromatic N) is 2. The molecule has 1 aliphatic heterocycles. The molecule has 0 saturated heterocycles. The Hall–Kier alpha value is -3.65. The van der Waals surface area contributed by atoms with Gasteiger partial charge < -0.3 is 9.47 Å². The van der Waals surface area contributed by atoms with Crippen molar-refractivity contribution in [3.05, 3.63) is 71.3 Å². The molecule has 0 aliphatic carbocycles. The van der Waals surface area contributed by atoms with Crippen LogP contribution < -0.4 is 5.32 Å². The van der Waals surface area contributed by atoms with E-state index in [9.17, 15) is 22.8 Å². The van der Waals surface area contributed by atoms with E-state index >= 15 is 0 Å². The van der Waals surface area contributed by atoms with Gasteiger partial charge in [0.05, 0.1) is 22.2 Å². The molecule has 5 rings (SSSR count). The molecule has 3 aromatic carbocycles. The smallest absolute Gasteiger partial charge is 0.340 e. The second kappa shape index (κ2) is 7.99. The number of hydrogen-bond acceptors (Lipinski definition) is 3. The van der Waals surface area contributed by atoms with Gasteiger partial charge in [0, 0.05) is 22.8 Å². The molecular formula is C26H22F3N3O2. The molecule has 174 valence electrons. The van der Waals surface area contributed by atoms with Crippen molar-refractivity contribution in [2.75, 3.05) is 20.6 Å². The van der Waals surface area contributed by atoms with E-state index in [0.717, 1.165) is 29.9 Å². The fourth-order valence-corrected chi connectivity index (χ4v) is 4.86. The number of halogens is 3. The summed E-state index contributed by atoms with van der Waals surface area (Å²) in [7, 11) is 3.95. The number of carbonyl (C=O) groups excluding carboxylic acids is 2. The van der Waals surface area contributed by atoms with Crippen LogP contribution in [0, 0.1) is 0 Å². The van der Waals surface area contributed by atoms with Crippen molar-refractivity contribution in [1.82, 2.24) is 14.8 Å². The molecule has 0 atom stereocenters. The van der Waals surface area contributed by atoms with E-state index in [-0.39, 0.29) is 22.3 Å². The Balaban J connectivity index is 1.88. The predicted octanol–water partition coefficient (Wildman–Crippen LogP) is 5.32. The van der Waals surface area contributed by atoms with Crippen LogP contribution >= 0.6 is 0 Å². The maximum absolute atomic E-state index is 13.9. The van der Waals surface area contributed by atoms with Crippen LogP contribution in [0.1, 0.15) is 32.7 Å². The van der Waals surface area contributed by atoms with Crippen LogP contribution in [0.3, 0.4) is 0 Å². The van der Waals surface area contributed by atoms with E-state index in [1.807, 2.05) is 42.9 Å². The lowest BCUT2D eigenvalue weighted by molar-refractivity contribution is -0.137. The van der Waals surface area contributed by atoms with Gasteiger partial charge in [0.25, 0.3) is 11.8 Å². The van der Waals surface area contributed by atoms with Gasteiger partial charge in [-0.15, -0.1) is 0 Å². The Bertz CT molecular complexity index is 1470. The zero-order chi connectivity index (χ0) is 24.2. The van der Waals surface area contributed by atoms with Gasteiger partial charge in [-0.1, -0.05) is 36.4 Å². The average molecular weight is 465 g/mol. The number of nitrogens with one attached hydrogen (secondary N) is 1. The van der Waals surface area contributed by atoms with E-state index in [0.29, 0.717) is 17.4 Å². The minimum Gasteiger partial charge on any atom is -0.340 e. The number of hydrogen-bond donors (Lipinski definition) is 1. The summed E-state index contributed by atoms with van der Waals surface area (Å²) in [6.07, 6.45) is -3.81. The molecule has 0 radical (unpaired) electrons. The van der Waals surface area contributed by atoms with Gasteiger partial charge in [0.1, 0.15) is 0 Å². The molecule has 4 aromatic rings. The monoisotopic (exact) mass is 465 g/mol. The quantitative estimate of drug-likeness (QED) is 0.406. The van der Waals surface area contributed by atoms with Crippen molar-refractivity contribution in [1.29, 1.82) is 0 Å². The van der Waals surface area contributed by atoms with Crippen molar-refractivity contribution in [3.8, 4) is 11.1 Å². The number of amides is 2. The summed E-state index contributed by atoms with van der Waals surface area (Å²) in [4.78, 5) is 27.8. The molecule has 8 heteroatoms. The third-order valence-corrected chi connectivity index (χ3v) is 6.25. The Morgan fingerprint density at radius 3 is 2.29 bits per heavy atom. The first-order valence-electron chi connectivity index (χ1n) is 10.9. The molecule has 0 unspecified atom stereocenters. The zero-order valence-corrected chi connectivity index (χ0v) is 18.7. The number of para-hydroxylation sites is 1. The topological polar surface area (TPSA) is 54.3 Å². The summed E-state index contributed by atoms with van der Waals surface area (Å²) in [6, 6.07) is 14.3. The van der Waals surface area contributed by atoms with Gasteiger partial charge in [0.2, 0.25) is 0 Å². The Morgan fingerprint density at radius 2 is 1.56 bits per heavy atom. The maximum Gasteiger partial charge on any atom is 0.417 e. The number of aromatic nitrogens is 1. The van der Waals surface area contributed by atoms with Crippen LogP contribution in [0.15, 0.2) is 54.6 Å². The molecular weight excluding hydrogens is 443 g/mol. The van der Waals surface area contributed by atoms with Crippen LogP contribution in [0.4, 0.5) is 13.2 Å². The lowest BCUT2D eigenvalue weighted by Gasteiger charge is -2.16. The van der Waals surface area contributed by atoms with E-state index in [4.69, 9.17) is 0 Å². The highest BCUT2D eigenvalue weighted by Crippen LogP contribution is 2.44. The highest BCUT2D eigenvalue weighted by atomic mass is 19.4. The minimum atomic E-state index is -4.62. The molecule has 2 heterocycles. The highest BCUT2D eigenvalue weighted by molar-refractivity contribution is 6.32. The molecule has 34 heavy (non-hydrogen) atoms. The van der Waals surface area contributed by atoms with Crippen molar-refractivity contribution < 1.29 is 22.8 Å². The number of fused-ring (bicyclic) bond motifs is 5. The predicted molar refractivity (Wildman–Crippen MR) is 125 cm³/mol. The Kier molecular flexibility index (Phi) is 5.20. The van der Waals surface area contributed by atoms with E-state index in [1.165, 1.54) is 18.2 Å². The number of benzene rings is 3. The van der Waals surface area contributed by atoms with Crippen LogP contribution in [0.25, 0.3) is 32.9 Å². The minimum absolute atomic E-state index is 0.00889. The fourth-order valence-electron chi connectivity index (χ4n) is 4.86. The molecule has 0 bridgehead atoms. The SMILES string of the molecule is CN(C)CCCn1c2ccccc2c2c3c(c(-c4ccccc4C(F)(F)F)cc21)C(=O)NC3=O. The van der Waals surface area contributed by atoms with Crippen LogP contribution in [-0.2, 0) is 12.7 Å². The maximum atomic E-state index is 13.9. The van der Waals surface area contributed by atoms with Gasteiger partial charge in [-0.2, -0.15) is 13.2 Å². The summed E-state index contributed by atoms with van der Waals surface area (Å²) in [6.45, 7) is 1.43. The Morgan fingerprint density at radius 1 is 0.882 bits per heavy atom. The average Bonchev–Trinajstić information content (AvgIpc) is 3.26. The lowest BCUT2D eigenvalue weighted by atomic mass is 9.90. The number of alkyl halides is 3. The third-order valence-electron chi connectivity index (χ3n) is 6.25. The van der Waals surface area contributed by atoms with Gasteiger partial charge in [-0.05, 0) is 56.4 Å². The molecule has 0 fully saturated rings. The summed E-state index contributed by atoms with van der Waals surface area (Å²) in [5.74, 6) is -1.27. The second-order valence-corrected chi connectivity index (χ2v) is 8.72. The highest BCUT2D eigenvalue weighted by Gasteiger charge is 2.38. The molecule has 1 N–H and O–H groups in total. The molecule has 0 spiro atoms. The number of imide groups is 1. The van der Waals surface area contributed by atoms with Crippen molar-refractivity contribution in [2.45, 2.75) is 19.1 Å². The van der Waals surface area contributed by atoms with Crippen LogP contribution in [0.2, 0.25) is 0 Å². The third kappa shape index (κ3) is 3.45. The first-order valence-corrected chi connectivity index (χ1v) is 10.9. The molecule has 0 saturated carbocycles. The zero-order valence-electron chi connectivity index (χ0n) is 18.7. The van der Waals surface area contributed by atoms with Crippen LogP contribution in [0.5, 0.6) is 0 Å². The summed E-state index contributed by atoms with van der Waals surface area (Å²) in [5, 5.41) is 3.68. The van der Waals surface area contributed by atoms with Gasteiger partial charge in [-0.3, -0.25) is 14.9 Å². The van der Waals surface area contributed by atoms with Crippen molar-refractivity contribution in [3.63, 3.8) is 0 Å². The normalized spacial score (nSPS) is 13.8. The molecule has 5 nitrogen and oxygen atoms in total. The van der Waals surface area contributed by atoms with Crippen molar-refractivity contribution in [2.24, 2.45) is 0 Å². The van der Waals surface area contributed by atoms with E-state index in [2.05, 4.69) is 10.2 Å². The van der Waals surface area contributed by atoms with Gasteiger partial charge in [0.15, 0.2) is 0 Å². The first-order chi connectivity index (χ1) is 16.2. The standard InChI is InChI=1S/C26H22F3N3O2/c1-31(2)12-7-13-32-19-11-6-4-9-16(19)21-20(32)14-17(22-23(21)25(34)30-24(22)33)15-8-3-5-10-18(15)26(27,28)29/h3-6,8-11,14H,7,12-13H2,1-2H3,(H,30,33,34).